The van der Waals surface area contributed by atoms with E-state index in [1.165, 1.54) is 0 Å². The van der Waals surface area contributed by atoms with Crippen LogP contribution in [0.3, 0.4) is 0 Å². The highest BCUT2D eigenvalue weighted by molar-refractivity contribution is 5.87. The quantitative estimate of drug-likeness (QED) is 0.650. The molecule has 0 heterocycles. The highest BCUT2D eigenvalue weighted by atomic mass is 16.3. The maximum Gasteiger partial charge on any atom is 0.142 e. The van der Waals surface area contributed by atoms with Crippen LogP contribution >= 0.6 is 0 Å². The Bertz CT molecular complexity index is 263. The predicted octanol–water partition coefficient (Wildman–Crippen LogP) is 2.22. The fraction of sp³-hybridized carbons (Fsp3) is 0.750. The molecule has 2 saturated carbocycles. The zero-order valence-electron chi connectivity index (χ0n) is 8.59. The Balaban J connectivity index is 2.39. The van der Waals surface area contributed by atoms with Crippen LogP contribution in [0.25, 0.3) is 0 Å². The summed E-state index contributed by atoms with van der Waals surface area (Å²) in [6.45, 7) is 3.71. The lowest BCUT2D eigenvalue weighted by atomic mass is 9.61. The van der Waals surface area contributed by atoms with E-state index in [1.807, 2.05) is 0 Å². The Hall–Kier alpha value is -0.630. The number of ketones is 1. The summed E-state index contributed by atoms with van der Waals surface area (Å²) in [6.07, 6.45) is 7.63. The number of carbonyl (C=O) groups excluding carboxylic acids is 1. The molecule has 2 nitrogen and oxygen atoms in total. The van der Waals surface area contributed by atoms with Gasteiger partial charge in [-0.2, -0.15) is 0 Å². The van der Waals surface area contributed by atoms with Gasteiger partial charge in [-0.3, -0.25) is 4.79 Å². The Kier molecular flexibility index (Phi) is 2.26. The summed E-state index contributed by atoms with van der Waals surface area (Å²) in [6, 6.07) is 0. The zero-order valence-corrected chi connectivity index (χ0v) is 8.59. The number of Topliss-reactive ketones (excluding diaryl/α,β-unsaturated/α-hetero) is 1. The second-order valence-corrected chi connectivity index (χ2v) is 4.69. The van der Waals surface area contributed by atoms with Gasteiger partial charge >= 0.3 is 0 Å². The van der Waals surface area contributed by atoms with E-state index in [-0.39, 0.29) is 5.78 Å². The van der Waals surface area contributed by atoms with Crippen molar-refractivity contribution in [1.82, 2.24) is 0 Å². The minimum Gasteiger partial charge on any atom is -0.385 e. The summed E-state index contributed by atoms with van der Waals surface area (Å²) >= 11 is 0. The molecule has 1 atom stereocenters. The van der Waals surface area contributed by atoms with Crippen LogP contribution in [-0.2, 0) is 4.79 Å². The van der Waals surface area contributed by atoms with Gasteiger partial charge in [0.25, 0.3) is 0 Å². The Morgan fingerprint density at radius 2 is 1.86 bits per heavy atom. The van der Waals surface area contributed by atoms with E-state index in [0.29, 0.717) is 12.8 Å². The van der Waals surface area contributed by atoms with E-state index in [4.69, 9.17) is 0 Å². The molecule has 0 saturated heterocycles. The molecule has 0 aliphatic heterocycles. The molecule has 0 aromatic rings. The molecule has 14 heavy (non-hydrogen) atoms. The third-order valence-electron chi connectivity index (χ3n) is 4.12. The molecule has 0 bridgehead atoms. The smallest absolute Gasteiger partial charge is 0.142 e. The molecule has 2 rings (SSSR count). The van der Waals surface area contributed by atoms with Gasteiger partial charge in [0.1, 0.15) is 5.78 Å². The summed E-state index contributed by atoms with van der Waals surface area (Å²) < 4.78 is 0. The van der Waals surface area contributed by atoms with Gasteiger partial charge in [0, 0.05) is 6.42 Å². The van der Waals surface area contributed by atoms with Crippen LogP contribution in [0.4, 0.5) is 0 Å². The van der Waals surface area contributed by atoms with Gasteiger partial charge in [0.05, 0.1) is 11.0 Å². The minimum atomic E-state index is -0.918. The third kappa shape index (κ3) is 1.10. The summed E-state index contributed by atoms with van der Waals surface area (Å²) in [7, 11) is 0. The highest BCUT2D eigenvalue weighted by Gasteiger charge is 2.56. The first-order valence-corrected chi connectivity index (χ1v) is 5.54. The first-order valence-electron chi connectivity index (χ1n) is 5.54. The molecule has 0 radical (unpaired) electrons. The summed E-state index contributed by atoms with van der Waals surface area (Å²) in [5, 5.41) is 10.5. The van der Waals surface area contributed by atoms with Crippen LogP contribution < -0.4 is 0 Å². The van der Waals surface area contributed by atoms with Crippen molar-refractivity contribution in [3.05, 3.63) is 12.7 Å². The predicted molar refractivity (Wildman–Crippen MR) is 54.9 cm³/mol. The summed E-state index contributed by atoms with van der Waals surface area (Å²) in [5.41, 5.74) is -1.38. The Morgan fingerprint density at radius 3 is 2.43 bits per heavy atom. The van der Waals surface area contributed by atoms with Crippen LogP contribution in [0.2, 0.25) is 0 Å². The van der Waals surface area contributed by atoms with Gasteiger partial charge < -0.3 is 5.11 Å². The van der Waals surface area contributed by atoms with Crippen LogP contribution in [0.1, 0.15) is 44.9 Å². The maximum atomic E-state index is 12.0. The second kappa shape index (κ2) is 3.20. The molecule has 0 amide bonds. The van der Waals surface area contributed by atoms with Crippen molar-refractivity contribution in [2.45, 2.75) is 50.5 Å². The molecule has 1 unspecified atom stereocenters. The van der Waals surface area contributed by atoms with Crippen LogP contribution in [0.5, 0.6) is 0 Å². The van der Waals surface area contributed by atoms with Crippen molar-refractivity contribution < 1.29 is 9.90 Å². The van der Waals surface area contributed by atoms with E-state index in [9.17, 15) is 9.90 Å². The van der Waals surface area contributed by atoms with Gasteiger partial charge in [-0.25, -0.2) is 0 Å². The molecule has 2 heteroatoms. The van der Waals surface area contributed by atoms with Gasteiger partial charge in [-0.1, -0.05) is 18.9 Å². The second-order valence-electron chi connectivity index (χ2n) is 4.69. The largest absolute Gasteiger partial charge is 0.385 e. The molecule has 2 aliphatic carbocycles. The van der Waals surface area contributed by atoms with Gasteiger partial charge in [0.2, 0.25) is 0 Å². The lowest BCUT2D eigenvalue weighted by Crippen LogP contribution is -2.53. The average molecular weight is 194 g/mol. The zero-order chi connectivity index (χ0) is 10.2. The number of hydrogen-bond acceptors (Lipinski definition) is 2. The lowest BCUT2D eigenvalue weighted by Gasteiger charge is -2.45. The van der Waals surface area contributed by atoms with Crippen molar-refractivity contribution in [2.75, 3.05) is 0 Å². The van der Waals surface area contributed by atoms with Gasteiger partial charge in [0.15, 0.2) is 0 Å². The Morgan fingerprint density at radius 1 is 1.21 bits per heavy atom. The molecule has 0 aromatic heterocycles. The van der Waals surface area contributed by atoms with Crippen molar-refractivity contribution >= 4 is 5.78 Å². The van der Waals surface area contributed by atoms with E-state index >= 15 is 0 Å². The molecule has 1 N–H and O–H groups in total. The molecule has 1 spiro atoms. The monoisotopic (exact) mass is 194 g/mol. The lowest BCUT2D eigenvalue weighted by molar-refractivity contribution is -0.148. The number of rotatable bonds is 1. The maximum absolute atomic E-state index is 12.0. The van der Waals surface area contributed by atoms with Crippen molar-refractivity contribution in [3.63, 3.8) is 0 Å². The van der Waals surface area contributed by atoms with Crippen LogP contribution in [0, 0.1) is 5.41 Å². The topological polar surface area (TPSA) is 37.3 Å². The molecular formula is C12H18O2. The fourth-order valence-electron chi connectivity index (χ4n) is 3.23. The van der Waals surface area contributed by atoms with Crippen molar-refractivity contribution in [1.29, 1.82) is 0 Å². The average Bonchev–Trinajstić information content (AvgIpc) is 2.65. The van der Waals surface area contributed by atoms with Crippen molar-refractivity contribution in [2.24, 2.45) is 5.41 Å². The summed E-state index contributed by atoms with van der Waals surface area (Å²) in [4.78, 5) is 12.0. The van der Waals surface area contributed by atoms with E-state index in [0.717, 1.165) is 32.1 Å². The number of aliphatic hydroxyl groups is 1. The first kappa shape index (κ1) is 9.91. The van der Waals surface area contributed by atoms with Crippen LogP contribution in [-0.4, -0.2) is 16.5 Å². The number of hydrogen-bond donors (Lipinski definition) is 1. The van der Waals surface area contributed by atoms with E-state index in [2.05, 4.69) is 6.58 Å². The number of carbonyl (C=O) groups is 1. The normalized spacial score (nSPS) is 36.2. The first-order chi connectivity index (χ1) is 6.65. The summed E-state index contributed by atoms with van der Waals surface area (Å²) in [5.74, 6) is 0.267. The highest BCUT2D eigenvalue weighted by Crippen LogP contribution is 2.53. The molecule has 2 fully saturated rings. The van der Waals surface area contributed by atoms with E-state index in [1.54, 1.807) is 6.08 Å². The van der Waals surface area contributed by atoms with Crippen LogP contribution in [0.15, 0.2) is 12.7 Å². The molecular weight excluding hydrogens is 176 g/mol. The molecule has 78 valence electrons. The van der Waals surface area contributed by atoms with Crippen molar-refractivity contribution in [3.8, 4) is 0 Å². The molecule has 2 aliphatic rings. The fourth-order valence-corrected chi connectivity index (χ4v) is 3.23. The molecule has 0 aromatic carbocycles. The van der Waals surface area contributed by atoms with E-state index < -0.39 is 11.0 Å². The SMILES string of the molecule is C=CC1(O)CCCC(=O)C12CCCC2. The third-order valence-corrected chi connectivity index (χ3v) is 4.12. The van der Waals surface area contributed by atoms with Gasteiger partial charge in [-0.05, 0) is 25.7 Å². The Labute approximate surface area is 85.0 Å². The van der Waals surface area contributed by atoms with Gasteiger partial charge in [-0.15, -0.1) is 6.58 Å². The minimum absolute atomic E-state index is 0.267. The standard InChI is InChI=1S/C12H18O2/c1-2-12(14)9-5-6-10(13)11(12)7-3-4-8-11/h2,14H,1,3-9H2.